The van der Waals surface area contributed by atoms with Crippen LogP contribution in [0.5, 0.6) is 0 Å². The third-order valence-corrected chi connectivity index (χ3v) is 0.880. The largest absolute Gasteiger partial charge is 0.330 e. The average Bonchev–Trinajstić information content (AvgIpc) is 1.91. The Morgan fingerprint density at radius 3 is 1.40 bits per heavy atom. The molecule has 0 bridgehead atoms. The molecular weight excluding hydrogens is 128 g/mol. The fourth-order valence-electron chi connectivity index (χ4n) is 0.118. The van der Waals surface area contributed by atoms with Crippen molar-refractivity contribution >= 4 is 0 Å². The van der Waals surface area contributed by atoms with E-state index in [0.717, 1.165) is 25.9 Å². The van der Waals surface area contributed by atoms with Crippen molar-refractivity contribution in [1.29, 1.82) is 0 Å². The highest BCUT2D eigenvalue weighted by Gasteiger charge is 1.79. The molecular formula is C6H20N4. The molecule has 0 radical (unpaired) electrons. The lowest BCUT2D eigenvalue weighted by Crippen LogP contribution is -2.28. The Hall–Kier alpha value is -0.160. The van der Waals surface area contributed by atoms with Crippen molar-refractivity contribution in [3.8, 4) is 0 Å². The van der Waals surface area contributed by atoms with Crippen molar-refractivity contribution in [3.05, 3.63) is 0 Å². The Balaban J connectivity index is 0. The molecule has 0 aliphatic heterocycles. The average molecular weight is 148 g/mol. The molecule has 0 amide bonds. The van der Waals surface area contributed by atoms with Gasteiger partial charge in [0, 0.05) is 0 Å². The van der Waals surface area contributed by atoms with Crippen LogP contribution in [0.25, 0.3) is 0 Å². The van der Waals surface area contributed by atoms with Crippen molar-refractivity contribution in [2.45, 2.75) is 25.9 Å². The summed E-state index contributed by atoms with van der Waals surface area (Å²) >= 11 is 0. The maximum Gasteiger partial charge on any atom is 0.0518 e. The summed E-state index contributed by atoms with van der Waals surface area (Å²) in [4.78, 5) is 0. The minimum Gasteiger partial charge on any atom is -0.330 e. The first kappa shape index (κ1) is 12.5. The highest BCUT2D eigenvalue weighted by Crippen LogP contribution is 1.68. The van der Waals surface area contributed by atoms with Crippen LogP contribution in [0.3, 0.4) is 0 Å². The number of hydrogen-bond acceptors (Lipinski definition) is 4. The van der Waals surface area contributed by atoms with E-state index in [1.807, 2.05) is 6.92 Å². The van der Waals surface area contributed by atoms with Gasteiger partial charge in [-0.25, -0.2) is 0 Å². The van der Waals surface area contributed by atoms with Gasteiger partial charge in [-0.05, 0) is 25.9 Å². The minimum atomic E-state index is -0.116. The van der Waals surface area contributed by atoms with E-state index in [1.54, 1.807) is 0 Å². The Kier molecular flexibility index (Phi) is 14.5. The molecule has 4 nitrogen and oxygen atoms in total. The Morgan fingerprint density at radius 2 is 1.40 bits per heavy atom. The van der Waals surface area contributed by atoms with E-state index in [0.29, 0.717) is 0 Å². The molecule has 4 heteroatoms. The predicted molar refractivity (Wildman–Crippen MR) is 45.2 cm³/mol. The number of hydrogen-bond donors (Lipinski definition) is 4. The molecule has 0 atom stereocenters. The van der Waals surface area contributed by atoms with Gasteiger partial charge in [0.1, 0.15) is 0 Å². The molecule has 10 heavy (non-hydrogen) atoms. The highest BCUT2D eigenvalue weighted by molar-refractivity contribution is 4.40. The van der Waals surface area contributed by atoms with Crippen LogP contribution in [0, 0.1) is 0 Å². The zero-order chi connectivity index (χ0) is 8.41. The van der Waals surface area contributed by atoms with Gasteiger partial charge in [-0.15, -0.1) is 0 Å². The first-order chi connectivity index (χ1) is 4.68. The SMILES string of the molecule is CCC(N)N.NCCCN. The second-order valence-corrected chi connectivity index (χ2v) is 2.00. The minimum absolute atomic E-state index is 0.116. The van der Waals surface area contributed by atoms with E-state index < -0.39 is 0 Å². The topological polar surface area (TPSA) is 104 Å². The molecule has 0 aromatic heterocycles. The third kappa shape index (κ3) is 24.9. The smallest absolute Gasteiger partial charge is 0.0518 e. The summed E-state index contributed by atoms with van der Waals surface area (Å²) in [5.41, 5.74) is 20.3. The van der Waals surface area contributed by atoms with E-state index in [-0.39, 0.29) is 6.17 Å². The maximum atomic E-state index is 5.07. The van der Waals surface area contributed by atoms with Crippen molar-refractivity contribution in [2.24, 2.45) is 22.9 Å². The summed E-state index contributed by atoms with van der Waals surface area (Å²) in [6.45, 7) is 3.39. The monoisotopic (exact) mass is 148 g/mol. The molecule has 0 heterocycles. The van der Waals surface area contributed by atoms with Gasteiger partial charge in [0.25, 0.3) is 0 Å². The molecule has 0 saturated carbocycles. The lowest BCUT2D eigenvalue weighted by molar-refractivity contribution is 0.682. The second-order valence-electron chi connectivity index (χ2n) is 2.00. The lowest BCUT2D eigenvalue weighted by atomic mass is 10.4. The molecule has 0 aliphatic carbocycles. The van der Waals surface area contributed by atoms with E-state index in [1.165, 1.54) is 0 Å². The predicted octanol–water partition coefficient (Wildman–Crippen LogP) is -1.07. The summed E-state index contributed by atoms with van der Waals surface area (Å²) in [7, 11) is 0. The number of rotatable bonds is 3. The van der Waals surface area contributed by atoms with Gasteiger partial charge in [-0.2, -0.15) is 0 Å². The van der Waals surface area contributed by atoms with Crippen LogP contribution in [-0.4, -0.2) is 19.3 Å². The summed E-state index contributed by atoms with van der Waals surface area (Å²) in [6.07, 6.45) is 1.69. The number of nitrogens with two attached hydrogens (primary N) is 4. The molecule has 0 saturated heterocycles. The molecule has 64 valence electrons. The fraction of sp³-hybridized carbons (Fsp3) is 1.00. The van der Waals surface area contributed by atoms with Crippen molar-refractivity contribution in [3.63, 3.8) is 0 Å². The molecule has 0 spiro atoms. The first-order valence-corrected chi connectivity index (χ1v) is 3.60. The van der Waals surface area contributed by atoms with Crippen molar-refractivity contribution in [1.82, 2.24) is 0 Å². The lowest BCUT2D eigenvalue weighted by Gasteiger charge is -1.92. The zero-order valence-corrected chi connectivity index (χ0v) is 6.72. The highest BCUT2D eigenvalue weighted by atomic mass is 14.8. The van der Waals surface area contributed by atoms with Gasteiger partial charge in [0.05, 0.1) is 6.17 Å². The molecule has 0 rings (SSSR count). The first-order valence-electron chi connectivity index (χ1n) is 3.60. The van der Waals surface area contributed by atoms with Crippen LogP contribution in [0.1, 0.15) is 19.8 Å². The van der Waals surface area contributed by atoms with E-state index in [4.69, 9.17) is 22.9 Å². The zero-order valence-electron chi connectivity index (χ0n) is 6.72. The summed E-state index contributed by atoms with van der Waals surface area (Å²) < 4.78 is 0. The van der Waals surface area contributed by atoms with Gasteiger partial charge in [-0.1, -0.05) is 6.92 Å². The Bertz CT molecular complexity index is 45.0. The standard InChI is InChI=1S/2C3H10N2/c1-2-3(4)5;4-2-1-3-5/h3H,2,4-5H2,1H3;1-5H2. The maximum absolute atomic E-state index is 5.07. The van der Waals surface area contributed by atoms with E-state index >= 15 is 0 Å². The Labute approximate surface area is 62.9 Å². The van der Waals surface area contributed by atoms with Gasteiger partial charge in [0.15, 0.2) is 0 Å². The summed E-state index contributed by atoms with van der Waals surface area (Å²) in [5, 5.41) is 0. The van der Waals surface area contributed by atoms with Crippen molar-refractivity contribution in [2.75, 3.05) is 13.1 Å². The van der Waals surface area contributed by atoms with Gasteiger partial charge in [-0.3, -0.25) is 0 Å². The fourth-order valence-corrected chi connectivity index (χ4v) is 0.118. The van der Waals surface area contributed by atoms with Gasteiger partial charge in [0.2, 0.25) is 0 Å². The summed E-state index contributed by atoms with van der Waals surface area (Å²) in [6, 6.07) is 0. The van der Waals surface area contributed by atoms with E-state index in [9.17, 15) is 0 Å². The molecule has 0 unspecified atom stereocenters. The van der Waals surface area contributed by atoms with E-state index in [2.05, 4.69) is 0 Å². The van der Waals surface area contributed by atoms with Crippen molar-refractivity contribution < 1.29 is 0 Å². The molecule has 0 fully saturated rings. The third-order valence-electron chi connectivity index (χ3n) is 0.880. The Morgan fingerprint density at radius 1 is 1.10 bits per heavy atom. The van der Waals surface area contributed by atoms with Crippen LogP contribution in [0.2, 0.25) is 0 Å². The summed E-state index contributed by atoms with van der Waals surface area (Å²) in [5.74, 6) is 0. The quantitative estimate of drug-likeness (QED) is 0.383. The second kappa shape index (κ2) is 11.6. The molecule has 0 aliphatic rings. The van der Waals surface area contributed by atoms with Gasteiger partial charge < -0.3 is 22.9 Å². The molecule has 8 N–H and O–H groups in total. The molecule has 0 aromatic carbocycles. The molecule has 0 aromatic rings. The van der Waals surface area contributed by atoms with Crippen LogP contribution >= 0.6 is 0 Å². The van der Waals surface area contributed by atoms with Crippen LogP contribution < -0.4 is 22.9 Å². The van der Waals surface area contributed by atoms with Crippen LogP contribution in [0.15, 0.2) is 0 Å². The van der Waals surface area contributed by atoms with Crippen LogP contribution in [0.4, 0.5) is 0 Å². The normalized spacial score (nSPS) is 9.00. The van der Waals surface area contributed by atoms with Crippen LogP contribution in [-0.2, 0) is 0 Å². The van der Waals surface area contributed by atoms with Gasteiger partial charge >= 0.3 is 0 Å².